The lowest BCUT2D eigenvalue weighted by Crippen LogP contribution is -2.49. The Labute approximate surface area is 172 Å². The second-order valence-corrected chi connectivity index (χ2v) is 7.74. The Kier molecular flexibility index (Phi) is 8.06. The molecular weight excluding hydrogens is 372 g/mol. The predicted octanol–water partition coefficient (Wildman–Crippen LogP) is 4.52. The molecule has 2 unspecified atom stereocenters. The Morgan fingerprint density at radius 1 is 1.07 bits per heavy atom. The highest BCUT2D eigenvalue weighted by atomic mass is 35.5. The van der Waals surface area contributed by atoms with E-state index in [4.69, 9.17) is 11.6 Å². The fourth-order valence-corrected chi connectivity index (χ4v) is 3.06. The highest BCUT2D eigenvalue weighted by Gasteiger charge is 2.26. The van der Waals surface area contributed by atoms with Gasteiger partial charge in [-0.1, -0.05) is 60.5 Å². The van der Waals surface area contributed by atoms with Crippen LogP contribution in [0.3, 0.4) is 0 Å². The lowest BCUT2D eigenvalue weighted by Gasteiger charge is -2.30. The van der Waals surface area contributed by atoms with Crippen LogP contribution in [0.5, 0.6) is 0 Å². The van der Waals surface area contributed by atoms with Gasteiger partial charge in [-0.15, -0.1) is 0 Å². The van der Waals surface area contributed by atoms with Gasteiger partial charge in [-0.3, -0.25) is 9.59 Å². The minimum Gasteiger partial charge on any atom is -0.352 e. The van der Waals surface area contributed by atoms with Crippen molar-refractivity contribution in [3.8, 4) is 0 Å². The number of nitrogens with zero attached hydrogens (tertiary/aromatic N) is 1. The van der Waals surface area contributed by atoms with E-state index >= 15 is 0 Å². The van der Waals surface area contributed by atoms with E-state index in [2.05, 4.69) is 5.32 Å². The lowest BCUT2D eigenvalue weighted by atomic mass is 10.1. The average Bonchev–Trinajstić information content (AvgIpc) is 2.67. The smallest absolute Gasteiger partial charge is 0.242 e. The molecule has 0 spiro atoms. The first-order valence-electron chi connectivity index (χ1n) is 9.70. The maximum atomic E-state index is 13.1. The monoisotopic (exact) mass is 400 g/mol. The third-order valence-corrected chi connectivity index (χ3v) is 5.12. The van der Waals surface area contributed by atoms with Gasteiger partial charge in [0.2, 0.25) is 11.8 Å². The zero-order chi connectivity index (χ0) is 20.7. The van der Waals surface area contributed by atoms with E-state index < -0.39 is 6.04 Å². The molecule has 0 aliphatic carbocycles. The molecule has 0 fully saturated rings. The first kappa shape index (κ1) is 22.0. The van der Waals surface area contributed by atoms with E-state index in [0.717, 1.165) is 23.1 Å². The van der Waals surface area contributed by atoms with Gasteiger partial charge in [-0.25, -0.2) is 0 Å². The lowest BCUT2D eigenvalue weighted by molar-refractivity contribution is -0.140. The van der Waals surface area contributed by atoms with Crippen molar-refractivity contribution < 1.29 is 9.59 Å². The van der Waals surface area contributed by atoms with Gasteiger partial charge in [0.05, 0.1) is 6.42 Å². The van der Waals surface area contributed by atoms with Crippen molar-refractivity contribution in [3.63, 3.8) is 0 Å². The molecule has 2 rings (SSSR count). The van der Waals surface area contributed by atoms with Gasteiger partial charge in [-0.2, -0.15) is 0 Å². The Morgan fingerprint density at radius 3 is 2.36 bits per heavy atom. The number of benzene rings is 2. The van der Waals surface area contributed by atoms with Crippen LogP contribution in [-0.2, 0) is 22.6 Å². The van der Waals surface area contributed by atoms with E-state index in [-0.39, 0.29) is 24.3 Å². The Bertz CT molecular complexity index is 805. The molecule has 0 aliphatic heterocycles. The Morgan fingerprint density at radius 2 is 1.75 bits per heavy atom. The summed E-state index contributed by atoms with van der Waals surface area (Å²) in [5.41, 5.74) is 3.00. The maximum absolute atomic E-state index is 13.1. The summed E-state index contributed by atoms with van der Waals surface area (Å²) in [7, 11) is 0. The highest BCUT2D eigenvalue weighted by molar-refractivity contribution is 6.30. The van der Waals surface area contributed by atoms with Gasteiger partial charge in [-0.05, 0) is 50.5 Å². The van der Waals surface area contributed by atoms with Crippen molar-refractivity contribution in [2.45, 2.75) is 59.2 Å². The van der Waals surface area contributed by atoms with Crippen LogP contribution in [0.25, 0.3) is 0 Å². The van der Waals surface area contributed by atoms with Crippen molar-refractivity contribution in [2.75, 3.05) is 0 Å². The number of rotatable bonds is 8. The van der Waals surface area contributed by atoms with Gasteiger partial charge in [0.1, 0.15) is 6.04 Å². The summed E-state index contributed by atoms with van der Waals surface area (Å²) < 4.78 is 0. The molecule has 0 heterocycles. The zero-order valence-corrected chi connectivity index (χ0v) is 17.8. The van der Waals surface area contributed by atoms with Gasteiger partial charge >= 0.3 is 0 Å². The number of amides is 2. The van der Waals surface area contributed by atoms with Crippen LogP contribution in [-0.4, -0.2) is 28.8 Å². The standard InChI is InChI=1S/C23H29ClN2O2/c1-5-17(3)25-23(28)18(4)26(15-20-8-6-7-16(2)13-20)22(27)14-19-9-11-21(24)12-10-19/h6-13,17-18H,5,14-15H2,1-4H3,(H,25,28). The molecule has 4 nitrogen and oxygen atoms in total. The van der Waals surface area contributed by atoms with E-state index in [1.165, 1.54) is 0 Å². The maximum Gasteiger partial charge on any atom is 0.242 e. The number of hydrogen-bond acceptors (Lipinski definition) is 2. The molecule has 0 saturated heterocycles. The summed E-state index contributed by atoms with van der Waals surface area (Å²) >= 11 is 5.94. The largest absolute Gasteiger partial charge is 0.352 e. The second-order valence-electron chi connectivity index (χ2n) is 7.31. The SMILES string of the molecule is CCC(C)NC(=O)C(C)N(Cc1cccc(C)c1)C(=O)Cc1ccc(Cl)cc1. The topological polar surface area (TPSA) is 49.4 Å². The summed E-state index contributed by atoms with van der Waals surface area (Å²) in [5, 5.41) is 3.62. The van der Waals surface area contributed by atoms with Crippen LogP contribution in [0.2, 0.25) is 5.02 Å². The van der Waals surface area contributed by atoms with Crippen LogP contribution in [0.15, 0.2) is 48.5 Å². The molecular formula is C23H29ClN2O2. The fourth-order valence-electron chi connectivity index (χ4n) is 2.93. The van der Waals surface area contributed by atoms with E-state index in [0.29, 0.717) is 11.6 Å². The molecule has 2 aromatic carbocycles. The number of carbonyl (C=O) groups is 2. The molecule has 0 saturated carbocycles. The van der Waals surface area contributed by atoms with Crippen LogP contribution in [0.4, 0.5) is 0 Å². The van der Waals surface area contributed by atoms with Crippen molar-refractivity contribution in [2.24, 2.45) is 0 Å². The van der Waals surface area contributed by atoms with Gasteiger partial charge in [0, 0.05) is 17.6 Å². The Hall–Kier alpha value is -2.33. The summed E-state index contributed by atoms with van der Waals surface area (Å²) in [6, 6.07) is 14.7. The molecule has 5 heteroatoms. The normalized spacial score (nSPS) is 12.9. The number of hydrogen-bond donors (Lipinski definition) is 1. The molecule has 2 amide bonds. The first-order chi connectivity index (χ1) is 13.3. The number of carbonyl (C=O) groups excluding carboxylic acids is 2. The molecule has 0 aliphatic rings. The number of aryl methyl sites for hydroxylation is 1. The van der Waals surface area contributed by atoms with Crippen LogP contribution >= 0.6 is 11.6 Å². The number of nitrogens with one attached hydrogen (secondary N) is 1. The average molecular weight is 401 g/mol. The van der Waals surface area contributed by atoms with E-state index in [1.807, 2.05) is 57.2 Å². The van der Waals surface area contributed by atoms with Crippen molar-refractivity contribution in [1.29, 1.82) is 0 Å². The third kappa shape index (κ3) is 6.38. The molecule has 28 heavy (non-hydrogen) atoms. The summed E-state index contributed by atoms with van der Waals surface area (Å²) in [6.45, 7) is 8.18. The van der Waals surface area contributed by atoms with Crippen molar-refractivity contribution in [3.05, 3.63) is 70.2 Å². The molecule has 2 aromatic rings. The zero-order valence-electron chi connectivity index (χ0n) is 17.0. The molecule has 1 N–H and O–H groups in total. The quantitative estimate of drug-likeness (QED) is 0.708. The summed E-state index contributed by atoms with van der Waals surface area (Å²) in [4.78, 5) is 27.4. The fraction of sp³-hybridized carbons (Fsp3) is 0.391. The van der Waals surface area contributed by atoms with Gasteiger partial charge in [0.15, 0.2) is 0 Å². The molecule has 150 valence electrons. The van der Waals surface area contributed by atoms with Crippen LogP contribution in [0, 0.1) is 6.92 Å². The Balaban J connectivity index is 2.22. The minimum atomic E-state index is -0.561. The van der Waals surface area contributed by atoms with Crippen LogP contribution in [0.1, 0.15) is 43.9 Å². The predicted molar refractivity (Wildman–Crippen MR) is 114 cm³/mol. The van der Waals surface area contributed by atoms with E-state index in [9.17, 15) is 9.59 Å². The van der Waals surface area contributed by atoms with Crippen molar-refractivity contribution >= 4 is 23.4 Å². The highest BCUT2D eigenvalue weighted by Crippen LogP contribution is 2.15. The minimum absolute atomic E-state index is 0.0714. The van der Waals surface area contributed by atoms with Gasteiger partial charge < -0.3 is 10.2 Å². The van der Waals surface area contributed by atoms with E-state index in [1.54, 1.807) is 24.0 Å². The summed E-state index contributed by atoms with van der Waals surface area (Å²) in [6.07, 6.45) is 1.07. The third-order valence-electron chi connectivity index (χ3n) is 4.87. The molecule has 0 radical (unpaired) electrons. The first-order valence-corrected chi connectivity index (χ1v) is 10.1. The number of halogens is 1. The molecule has 0 bridgehead atoms. The second kappa shape index (κ2) is 10.3. The van der Waals surface area contributed by atoms with Crippen molar-refractivity contribution in [1.82, 2.24) is 10.2 Å². The summed E-state index contributed by atoms with van der Waals surface area (Å²) in [5.74, 6) is -0.220. The van der Waals surface area contributed by atoms with Crippen LogP contribution < -0.4 is 5.32 Å². The molecule has 2 atom stereocenters. The molecule has 0 aromatic heterocycles. The van der Waals surface area contributed by atoms with Gasteiger partial charge in [0.25, 0.3) is 0 Å².